The van der Waals surface area contributed by atoms with Crippen molar-refractivity contribution in [1.29, 1.82) is 5.26 Å². The van der Waals surface area contributed by atoms with Gasteiger partial charge in [0.2, 0.25) is 5.91 Å². The molecule has 0 spiro atoms. The number of anilines is 1. The molecule has 1 aliphatic rings. The van der Waals surface area contributed by atoms with Crippen LogP contribution < -0.4 is 10.1 Å². The zero-order valence-electron chi connectivity index (χ0n) is 12.4. The number of epoxide rings is 1. The van der Waals surface area contributed by atoms with Crippen molar-refractivity contribution >= 4 is 11.6 Å². The minimum Gasteiger partial charge on any atom is -0.489 e. The summed E-state index contributed by atoms with van der Waals surface area (Å²) in [5.41, 5.74) is 1.90. The number of nitrogens with one attached hydrogen (secondary N) is 1. The van der Waals surface area contributed by atoms with Gasteiger partial charge in [-0.1, -0.05) is 19.9 Å². The van der Waals surface area contributed by atoms with Crippen molar-refractivity contribution in [2.45, 2.75) is 39.2 Å². The molecule has 1 aromatic carbocycles. The molecule has 1 saturated heterocycles. The summed E-state index contributed by atoms with van der Waals surface area (Å²) in [4.78, 5) is 11.9. The van der Waals surface area contributed by atoms with Gasteiger partial charge in [-0.15, -0.1) is 0 Å². The number of carbonyl (C=O) groups is 1. The monoisotopic (exact) mass is 288 g/mol. The van der Waals surface area contributed by atoms with E-state index >= 15 is 0 Å². The predicted octanol–water partition coefficient (Wildman–Crippen LogP) is 2.64. The van der Waals surface area contributed by atoms with Crippen LogP contribution >= 0.6 is 0 Å². The lowest BCUT2D eigenvalue weighted by molar-refractivity contribution is -0.116. The van der Waals surface area contributed by atoms with Crippen molar-refractivity contribution in [3.05, 3.63) is 23.3 Å². The minimum atomic E-state index is -0.0774. The molecule has 1 unspecified atom stereocenters. The molecule has 1 N–H and O–H groups in total. The van der Waals surface area contributed by atoms with Gasteiger partial charge in [-0.3, -0.25) is 4.79 Å². The van der Waals surface area contributed by atoms with Gasteiger partial charge in [-0.2, -0.15) is 5.26 Å². The molecular weight excluding hydrogens is 268 g/mol. The average molecular weight is 288 g/mol. The smallest absolute Gasteiger partial charge is 0.224 e. The second kappa shape index (κ2) is 7.09. The quantitative estimate of drug-likeness (QED) is 0.783. The van der Waals surface area contributed by atoms with Crippen molar-refractivity contribution < 1.29 is 14.3 Å². The molecule has 0 radical (unpaired) electrons. The fourth-order valence-corrected chi connectivity index (χ4v) is 2.07. The lowest BCUT2D eigenvalue weighted by Gasteiger charge is -2.15. The van der Waals surface area contributed by atoms with Crippen LogP contribution in [-0.2, 0) is 16.0 Å². The minimum absolute atomic E-state index is 0.0774. The van der Waals surface area contributed by atoms with Gasteiger partial charge in [-0.25, -0.2) is 0 Å². The van der Waals surface area contributed by atoms with Crippen LogP contribution in [0.4, 0.5) is 5.69 Å². The van der Waals surface area contributed by atoms with Crippen LogP contribution in [0.25, 0.3) is 0 Å². The second-order valence-electron chi connectivity index (χ2n) is 5.00. The summed E-state index contributed by atoms with van der Waals surface area (Å²) in [6.45, 7) is 5.07. The van der Waals surface area contributed by atoms with Crippen LogP contribution in [0.5, 0.6) is 5.75 Å². The summed E-state index contributed by atoms with van der Waals surface area (Å²) in [6, 6.07) is 5.83. The fourth-order valence-electron chi connectivity index (χ4n) is 2.07. The highest BCUT2D eigenvalue weighted by molar-refractivity contribution is 5.93. The van der Waals surface area contributed by atoms with Crippen molar-refractivity contribution in [2.75, 3.05) is 18.5 Å². The number of aryl methyl sites for hydroxylation is 1. The highest BCUT2D eigenvalue weighted by atomic mass is 16.6. The van der Waals surface area contributed by atoms with Gasteiger partial charge in [-0.05, 0) is 24.5 Å². The zero-order chi connectivity index (χ0) is 15.2. The van der Waals surface area contributed by atoms with Gasteiger partial charge in [0.15, 0.2) is 0 Å². The van der Waals surface area contributed by atoms with Crippen molar-refractivity contribution in [1.82, 2.24) is 0 Å². The van der Waals surface area contributed by atoms with E-state index in [4.69, 9.17) is 9.47 Å². The first-order valence-electron chi connectivity index (χ1n) is 7.29. The first kappa shape index (κ1) is 15.3. The lowest BCUT2D eigenvalue weighted by atomic mass is 10.0. The molecule has 0 bridgehead atoms. The Hall–Kier alpha value is -2.06. The number of carbonyl (C=O) groups excluding carboxylic acids is 1. The fraction of sp³-hybridized carbons (Fsp3) is 0.500. The molecule has 1 atom stereocenters. The Balaban J connectivity index is 2.26. The third kappa shape index (κ3) is 3.96. The lowest BCUT2D eigenvalue weighted by Crippen LogP contribution is -2.14. The van der Waals surface area contributed by atoms with Crippen LogP contribution in [-0.4, -0.2) is 25.2 Å². The molecule has 5 nitrogen and oxygen atoms in total. The number of amides is 1. The van der Waals surface area contributed by atoms with Gasteiger partial charge >= 0.3 is 0 Å². The third-order valence-electron chi connectivity index (χ3n) is 3.31. The number of ether oxygens (including phenoxy) is 2. The number of nitrogens with zero attached hydrogens (tertiary/aromatic N) is 1. The van der Waals surface area contributed by atoms with E-state index in [1.807, 2.05) is 19.9 Å². The van der Waals surface area contributed by atoms with Gasteiger partial charge in [0.1, 0.15) is 30.1 Å². The molecule has 1 heterocycles. The first-order chi connectivity index (χ1) is 10.2. The van der Waals surface area contributed by atoms with Crippen LogP contribution in [0.2, 0.25) is 0 Å². The molecule has 0 aliphatic carbocycles. The van der Waals surface area contributed by atoms with E-state index in [2.05, 4.69) is 11.4 Å². The molecule has 2 rings (SSSR count). The molecule has 1 fully saturated rings. The molecular formula is C16H20N2O3. The summed E-state index contributed by atoms with van der Waals surface area (Å²) in [5, 5.41) is 12.3. The number of hydrogen-bond donors (Lipinski definition) is 1. The topological polar surface area (TPSA) is 74.7 Å². The molecule has 1 amide bonds. The molecule has 5 heteroatoms. The van der Waals surface area contributed by atoms with Gasteiger partial charge in [0.25, 0.3) is 0 Å². The SMILES string of the molecule is CCCC(=O)Nc1c(CC)ccc(OCC2CO2)c1C#N. The van der Waals surface area contributed by atoms with Crippen LogP contribution in [0.3, 0.4) is 0 Å². The number of rotatable bonds is 7. The van der Waals surface area contributed by atoms with E-state index in [0.29, 0.717) is 36.6 Å². The van der Waals surface area contributed by atoms with E-state index in [1.165, 1.54) is 0 Å². The van der Waals surface area contributed by atoms with Gasteiger partial charge < -0.3 is 14.8 Å². The Morgan fingerprint density at radius 1 is 1.52 bits per heavy atom. The van der Waals surface area contributed by atoms with E-state index in [0.717, 1.165) is 18.4 Å². The van der Waals surface area contributed by atoms with Gasteiger partial charge in [0.05, 0.1) is 12.3 Å². The van der Waals surface area contributed by atoms with Crippen LogP contribution in [0.1, 0.15) is 37.8 Å². The summed E-state index contributed by atoms with van der Waals surface area (Å²) in [6.07, 6.45) is 2.07. The molecule has 1 aliphatic heterocycles. The maximum absolute atomic E-state index is 11.9. The molecule has 0 aromatic heterocycles. The number of benzene rings is 1. The maximum atomic E-state index is 11.9. The Labute approximate surface area is 124 Å². The predicted molar refractivity (Wildman–Crippen MR) is 79.3 cm³/mol. The van der Waals surface area contributed by atoms with Crippen LogP contribution in [0.15, 0.2) is 12.1 Å². The largest absolute Gasteiger partial charge is 0.489 e. The van der Waals surface area contributed by atoms with E-state index in [1.54, 1.807) is 6.07 Å². The number of nitriles is 1. The highest BCUT2D eigenvalue weighted by Gasteiger charge is 2.24. The van der Waals surface area contributed by atoms with Crippen molar-refractivity contribution in [3.8, 4) is 11.8 Å². The maximum Gasteiger partial charge on any atom is 0.224 e. The second-order valence-corrected chi connectivity index (χ2v) is 5.00. The third-order valence-corrected chi connectivity index (χ3v) is 3.31. The van der Waals surface area contributed by atoms with E-state index < -0.39 is 0 Å². The molecule has 112 valence electrons. The average Bonchev–Trinajstić information content (AvgIpc) is 3.29. The van der Waals surface area contributed by atoms with E-state index in [-0.39, 0.29) is 12.0 Å². The van der Waals surface area contributed by atoms with Crippen LogP contribution in [0, 0.1) is 11.3 Å². The summed E-state index contributed by atoms with van der Waals surface area (Å²) < 4.78 is 10.7. The summed E-state index contributed by atoms with van der Waals surface area (Å²) >= 11 is 0. The molecule has 0 saturated carbocycles. The normalized spacial score (nSPS) is 16.1. The number of hydrogen-bond acceptors (Lipinski definition) is 4. The Morgan fingerprint density at radius 2 is 2.29 bits per heavy atom. The van der Waals surface area contributed by atoms with E-state index in [9.17, 15) is 10.1 Å². The summed E-state index contributed by atoms with van der Waals surface area (Å²) in [7, 11) is 0. The van der Waals surface area contributed by atoms with Crippen molar-refractivity contribution in [3.63, 3.8) is 0 Å². The van der Waals surface area contributed by atoms with Gasteiger partial charge in [0, 0.05) is 6.42 Å². The molecule has 1 aromatic rings. The standard InChI is InChI=1S/C16H20N2O3/c1-3-5-15(19)18-16-11(4-2)6-7-14(13(16)8-17)21-10-12-9-20-12/h6-7,12H,3-5,9-10H2,1-2H3,(H,18,19). The highest BCUT2D eigenvalue weighted by Crippen LogP contribution is 2.31. The Kier molecular flexibility index (Phi) is 5.18. The molecule has 21 heavy (non-hydrogen) atoms. The summed E-state index contributed by atoms with van der Waals surface area (Å²) in [5.74, 6) is 0.420. The Morgan fingerprint density at radius 3 is 2.86 bits per heavy atom. The Bertz CT molecular complexity index is 559. The van der Waals surface area contributed by atoms with Crippen molar-refractivity contribution in [2.24, 2.45) is 0 Å². The first-order valence-corrected chi connectivity index (χ1v) is 7.29. The zero-order valence-corrected chi connectivity index (χ0v) is 12.4.